The van der Waals surface area contributed by atoms with Crippen LogP contribution in [0.2, 0.25) is 0 Å². The van der Waals surface area contributed by atoms with Crippen molar-refractivity contribution in [2.75, 3.05) is 36.8 Å². The molecule has 2 heterocycles. The first kappa shape index (κ1) is 30.9. The number of hydrogen-bond donors (Lipinski definition) is 2. The van der Waals surface area contributed by atoms with E-state index in [1.165, 1.54) is 12.1 Å². The molecule has 4 rings (SSSR count). The van der Waals surface area contributed by atoms with Gasteiger partial charge in [0.2, 0.25) is 0 Å². The SMILES string of the molecule is CC(C)(C)CC(=O)c1cccc(CN2CCN(C(=O)c3ccc(NC(=O)Nc4cc(C(C)(C)C)on4)c(F)c3)CC2)c1. The minimum Gasteiger partial charge on any atom is -0.359 e. The molecule has 9 nitrogen and oxygen atoms in total. The van der Waals surface area contributed by atoms with E-state index in [9.17, 15) is 18.8 Å². The fourth-order valence-electron chi connectivity index (χ4n) is 4.68. The smallest absolute Gasteiger partial charge is 0.325 e. The van der Waals surface area contributed by atoms with Gasteiger partial charge in [-0.25, -0.2) is 9.18 Å². The van der Waals surface area contributed by atoms with E-state index in [0.717, 1.165) is 17.2 Å². The molecule has 1 saturated heterocycles. The summed E-state index contributed by atoms with van der Waals surface area (Å²) in [4.78, 5) is 42.0. The molecule has 2 N–H and O–H groups in total. The third kappa shape index (κ3) is 8.25. The van der Waals surface area contributed by atoms with E-state index in [2.05, 4.69) is 41.5 Å². The summed E-state index contributed by atoms with van der Waals surface area (Å²) < 4.78 is 20.1. The number of benzene rings is 2. The fraction of sp³-hybridized carbons (Fsp3) is 0.438. The second-order valence-corrected chi connectivity index (χ2v) is 13.0. The number of nitrogens with one attached hydrogen (secondary N) is 2. The molecule has 0 radical (unpaired) electrons. The van der Waals surface area contributed by atoms with Crippen LogP contribution in [0.3, 0.4) is 0 Å². The Morgan fingerprint density at radius 2 is 1.62 bits per heavy atom. The standard InChI is InChI=1S/C32H40FN5O4/c1-31(2,3)19-26(39)22-9-7-8-21(16-22)20-37-12-14-38(15-13-37)29(40)23-10-11-25(24(33)17-23)34-30(41)35-28-18-27(42-36-28)32(4,5)6/h7-11,16-18H,12-15,19-20H2,1-6H3,(H2,34,35,36,41). The van der Waals surface area contributed by atoms with Gasteiger partial charge in [0.15, 0.2) is 11.6 Å². The Bertz CT molecular complexity index is 1450. The quantitative estimate of drug-likeness (QED) is 0.318. The van der Waals surface area contributed by atoms with Crippen LogP contribution in [-0.2, 0) is 12.0 Å². The van der Waals surface area contributed by atoms with Crippen LogP contribution in [0.25, 0.3) is 0 Å². The van der Waals surface area contributed by atoms with Crippen molar-refractivity contribution >= 4 is 29.2 Å². The average molecular weight is 578 g/mol. The molecule has 0 spiro atoms. The molecular weight excluding hydrogens is 537 g/mol. The number of halogens is 1. The van der Waals surface area contributed by atoms with E-state index < -0.39 is 11.8 Å². The topological polar surface area (TPSA) is 108 Å². The predicted molar refractivity (Wildman–Crippen MR) is 160 cm³/mol. The van der Waals surface area contributed by atoms with Crippen LogP contribution in [0.4, 0.5) is 20.7 Å². The highest BCUT2D eigenvalue weighted by molar-refractivity contribution is 6.00. The second kappa shape index (κ2) is 12.4. The predicted octanol–water partition coefficient (Wildman–Crippen LogP) is 6.33. The van der Waals surface area contributed by atoms with Gasteiger partial charge in [-0.1, -0.05) is 64.9 Å². The lowest BCUT2D eigenvalue weighted by atomic mass is 9.87. The van der Waals surface area contributed by atoms with E-state index in [1.807, 2.05) is 45.0 Å². The highest BCUT2D eigenvalue weighted by Crippen LogP contribution is 2.25. The molecule has 10 heteroatoms. The van der Waals surface area contributed by atoms with Crippen LogP contribution in [0, 0.1) is 11.2 Å². The van der Waals surface area contributed by atoms with Crippen molar-refractivity contribution in [1.29, 1.82) is 0 Å². The van der Waals surface area contributed by atoms with Gasteiger partial charge in [0.05, 0.1) is 5.69 Å². The van der Waals surface area contributed by atoms with E-state index >= 15 is 0 Å². The third-order valence-electron chi connectivity index (χ3n) is 6.96. The molecule has 1 aliphatic rings. The number of piperazine rings is 1. The van der Waals surface area contributed by atoms with Crippen LogP contribution >= 0.6 is 0 Å². The monoisotopic (exact) mass is 577 g/mol. The van der Waals surface area contributed by atoms with Gasteiger partial charge in [-0.3, -0.25) is 19.8 Å². The Morgan fingerprint density at radius 3 is 2.24 bits per heavy atom. The maximum absolute atomic E-state index is 14.8. The molecule has 1 fully saturated rings. The number of ketones is 1. The van der Waals surface area contributed by atoms with Gasteiger partial charge in [-0.15, -0.1) is 0 Å². The number of hydrogen-bond acceptors (Lipinski definition) is 6. The third-order valence-corrected chi connectivity index (χ3v) is 6.96. The number of carbonyl (C=O) groups is 3. The van der Waals surface area contributed by atoms with E-state index in [-0.39, 0.29) is 39.6 Å². The minimum absolute atomic E-state index is 0.0587. The molecule has 0 bridgehead atoms. The molecule has 224 valence electrons. The van der Waals surface area contributed by atoms with Gasteiger partial charge in [-0.2, -0.15) is 0 Å². The summed E-state index contributed by atoms with van der Waals surface area (Å²) in [5.74, 6) is -0.0309. The Labute approximate surface area is 246 Å². The molecule has 0 saturated carbocycles. The maximum atomic E-state index is 14.8. The van der Waals surface area contributed by atoms with E-state index in [0.29, 0.717) is 44.9 Å². The molecule has 0 aliphatic carbocycles. The molecule has 0 atom stereocenters. The van der Waals surface area contributed by atoms with Crippen molar-refractivity contribution < 1.29 is 23.3 Å². The second-order valence-electron chi connectivity index (χ2n) is 13.0. The summed E-state index contributed by atoms with van der Waals surface area (Å²) in [6, 6.07) is 12.7. The van der Waals surface area contributed by atoms with Gasteiger partial charge in [-0.05, 0) is 35.2 Å². The Kier molecular flexibility index (Phi) is 9.15. The van der Waals surface area contributed by atoms with Gasteiger partial charge < -0.3 is 14.7 Å². The highest BCUT2D eigenvalue weighted by atomic mass is 19.1. The van der Waals surface area contributed by atoms with Gasteiger partial charge in [0.25, 0.3) is 5.91 Å². The van der Waals surface area contributed by atoms with Gasteiger partial charge in [0, 0.05) is 61.8 Å². The van der Waals surface area contributed by atoms with Crippen molar-refractivity contribution in [1.82, 2.24) is 15.0 Å². The molecule has 1 aliphatic heterocycles. The Morgan fingerprint density at radius 1 is 0.905 bits per heavy atom. The first-order valence-electron chi connectivity index (χ1n) is 14.2. The van der Waals surface area contributed by atoms with Crippen LogP contribution in [0.15, 0.2) is 53.1 Å². The Hall–Kier alpha value is -4.05. The number of amides is 3. The summed E-state index contributed by atoms with van der Waals surface area (Å²) in [6.07, 6.45) is 0.489. The summed E-state index contributed by atoms with van der Waals surface area (Å²) in [5, 5.41) is 8.78. The van der Waals surface area contributed by atoms with Crippen LogP contribution in [0.1, 0.15) is 80.0 Å². The zero-order valence-corrected chi connectivity index (χ0v) is 25.2. The maximum Gasteiger partial charge on any atom is 0.325 e. The van der Waals surface area contributed by atoms with Gasteiger partial charge >= 0.3 is 6.03 Å². The van der Waals surface area contributed by atoms with E-state index in [1.54, 1.807) is 11.0 Å². The normalized spacial score (nSPS) is 14.5. The largest absolute Gasteiger partial charge is 0.359 e. The van der Waals surface area contributed by atoms with Crippen LogP contribution in [0.5, 0.6) is 0 Å². The lowest BCUT2D eigenvalue weighted by Crippen LogP contribution is -2.48. The number of urea groups is 1. The number of nitrogens with zero attached hydrogens (tertiary/aromatic N) is 3. The number of carbonyl (C=O) groups excluding carboxylic acids is 3. The first-order chi connectivity index (χ1) is 19.7. The summed E-state index contributed by atoms with van der Waals surface area (Å²) in [5.41, 5.74) is 1.59. The summed E-state index contributed by atoms with van der Waals surface area (Å²) in [7, 11) is 0. The highest BCUT2D eigenvalue weighted by Gasteiger charge is 2.24. The lowest BCUT2D eigenvalue weighted by Gasteiger charge is -2.35. The van der Waals surface area contributed by atoms with Crippen molar-refractivity contribution in [3.8, 4) is 0 Å². The molecule has 0 unspecified atom stereocenters. The number of Topliss-reactive ketones (excluding diaryl/α,β-unsaturated/α-hetero) is 1. The zero-order chi connectivity index (χ0) is 30.7. The fourth-order valence-corrected chi connectivity index (χ4v) is 4.68. The van der Waals surface area contributed by atoms with Gasteiger partial charge in [0.1, 0.15) is 11.6 Å². The van der Waals surface area contributed by atoms with Crippen molar-refractivity contribution in [2.24, 2.45) is 5.41 Å². The lowest BCUT2D eigenvalue weighted by molar-refractivity contribution is 0.0627. The minimum atomic E-state index is -0.717. The van der Waals surface area contributed by atoms with E-state index in [4.69, 9.17) is 4.52 Å². The first-order valence-corrected chi connectivity index (χ1v) is 14.2. The summed E-state index contributed by atoms with van der Waals surface area (Å²) in [6.45, 7) is 15.0. The number of rotatable bonds is 7. The molecule has 3 aromatic rings. The molecular formula is C32H40FN5O4. The summed E-state index contributed by atoms with van der Waals surface area (Å²) >= 11 is 0. The Balaban J connectivity index is 1.29. The van der Waals surface area contributed by atoms with Crippen LogP contribution < -0.4 is 10.6 Å². The number of aromatic nitrogens is 1. The van der Waals surface area contributed by atoms with Crippen molar-refractivity contribution in [3.05, 3.63) is 76.8 Å². The number of anilines is 2. The van der Waals surface area contributed by atoms with Crippen molar-refractivity contribution in [3.63, 3.8) is 0 Å². The molecule has 1 aromatic heterocycles. The van der Waals surface area contributed by atoms with Crippen LogP contribution in [-0.4, -0.2) is 58.9 Å². The molecule has 3 amide bonds. The van der Waals surface area contributed by atoms with Crippen molar-refractivity contribution in [2.45, 2.75) is 59.9 Å². The average Bonchev–Trinajstić information content (AvgIpc) is 3.38. The molecule has 2 aromatic carbocycles. The molecule has 42 heavy (non-hydrogen) atoms. The zero-order valence-electron chi connectivity index (χ0n) is 25.2.